The number of hydrazone groups is 1. The summed E-state index contributed by atoms with van der Waals surface area (Å²) in [6, 6.07) is 0. The number of carbonyl (C=O) groups is 1. The van der Waals surface area contributed by atoms with E-state index in [2.05, 4.69) is 24.4 Å². The van der Waals surface area contributed by atoms with Crippen LogP contribution in [0.5, 0.6) is 0 Å². The van der Waals surface area contributed by atoms with E-state index in [4.69, 9.17) is 0 Å². The van der Waals surface area contributed by atoms with Crippen molar-refractivity contribution in [1.29, 1.82) is 0 Å². The summed E-state index contributed by atoms with van der Waals surface area (Å²) < 4.78 is 0. The molecule has 0 aromatic carbocycles. The smallest absolute Gasteiger partial charge is 0.240 e. The Labute approximate surface area is 93.3 Å². The Kier molecular flexibility index (Phi) is 9.13. The van der Waals surface area contributed by atoms with Crippen LogP contribution in [-0.2, 0) is 4.79 Å². The lowest BCUT2D eigenvalue weighted by Crippen LogP contribution is -2.18. The quantitative estimate of drug-likeness (QED) is 0.374. The highest BCUT2D eigenvalue weighted by atomic mass is 16.2. The molecule has 0 aliphatic carbocycles. The Morgan fingerprint density at radius 1 is 1.07 bits per heavy atom. The Morgan fingerprint density at radius 2 is 1.80 bits per heavy atom. The highest BCUT2D eigenvalue weighted by Gasteiger charge is 1.99. The van der Waals surface area contributed by atoms with Crippen molar-refractivity contribution in [2.24, 2.45) is 5.10 Å². The first kappa shape index (κ1) is 14.1. The molecule has 0 rings (SSSR count). The van der Waals surface area contributed by atoms with Crippen molar-refractivity contribution in [3.63, 3.8) is 0 Å². The van der Waals surface area contributed by atoms with Gasteiger partial charge in [0.05, 0.1) is 0 Å². The first-order valence-electron chi connectivity index (χ1n) is 6.02. The largest absolute Gasteiger partial charge is 0.273 e. The summed E-state index contributed by atoms with van der Waals surface area (Å²) in [5, 5.41) is 4.03. The number of hydrogen-bond acceptors (Lipinski definition) is 2. The van der Waals surface area contributed by atoms with Crippen LogP contribution in [0.1, 0.15) is 65.7 Å². The van der Waals surface area contributed by atoms with Crippen LogP contribution < -0.4 is 5.43 Å². The molecular weight excluding hydrogens is 188 g/mol. The third-order valence-electron chi connectivity index (χ3n) is 2.24. The Morgan fingerprint density at radius 3 is 2.40 bits per heavy atom. The van der Waals surface area contributed by atoms with E-state index in [1.165, 1.54) is 12.8 Å². The molecule has 0 radical (unpaired) electrons. The second-order valence-electron chi connectivity index (χ2n) is 3.94. The number of unbranched alkanes of at least 4 members (excludes halogenated alkanes) is 3. The van der Waals surface area contributed by atoms with Crippen molar-refractivity contribution in [1.82, 2.24) is 5.43 Å². The molecular formula is C12H24N2O. The van der Waals surface area contributed by atoms with E-state index in [9.17, 15) is 4.79 Å². The van der Waals surface area contributed by atoms with Crippen molar-refractivity contribution in [2.45, 2.75) is 65.7 Å². The van der Waals surface area contributed by atoms with Crippen LogP contribution in [-0.4, -0.2) is 11.6 Å². The Hall–Kier alpha value is -0.860. The standard InChI is InChI=1S/C12H24N2O/c1-4-6-7-8-10-12(15)14-13-11(3)9-5-2/h4-10H2,1-3H3,(H,14,15)/b13-11+. The second-order valence-corrected chi connectivity index (χ2v) is 3.94. The predicted molar refractivity (Wildman–Crippen MR) is 64.9 cm³/mol. The van der Waals surface area contributed by atoms with Gasteiger partial charge in [0.15, 0.2) is 0 Å². The Bertz CT molecular complexity index is 200. The topological polar surface area (TPSA) is 41.5 Å². The summed E-state index contributed by atoms with van der Waals surface area (Å²) in [4.78, 5) is 11.3. The van der Waals surface area contributed by atoms with Gasteiger partial charge in [-0.2, -0.15) is 5.10 Å². The van der Waals surface area contributed by atoms with Gasteiger partial charge in [0.2, 0.25) is 5.91 Å². The molecule has 0 bridgehead atoms. The zero-order valence-corrected chi connectivity index (χ0v) is 10.3. The van der Waals surface area contributed by atoms with E-state index >= 15 is 0 Å². The summed E-state index contributed by atoms with van der Waals surface area (Å²) in [6.07, 6.45) is 7.16. The highest BCUT2D eigenvalue weighted by molar-refractivity contribution is 5.84. The van der Waals surface area contributed by atoms with Crippen molar-refractivity contribution >= 4 is 11.6 Å². The number of carbonyl (C=O) groups excluding carboxylic acids is 1. The van der Waals surface area contributed by atoms with Gasteiger partial charge in [-0.05, 0) is 19.8 Å². The van der Waals surface area contributed by atoms with Crippen LogP contribution in [0, 0.1) is 0 Å². The normalized spacial score (nSPS) is 11.5. The van der Waals surface area contributed by atoms with Gasteiger partial charge in [-0.1, -0.05) is 39.5 Å². The van der Waals surface area contributed by atoms with Crippen LogP contribution in [0.15, 0.2) is 5.10 Å². The molecule has 1 amide bonds. The minimum Gasteiger partial charge on any atom is -0.273 e. The molecule has 0 spiro atoms. The lowest BCUT2D eigenvalue weighted by molar-refractivity contribution is -0.121. The van der Waals surface area contributed by atoms with Crippen LogP contribution in [0.3, 0.4) is 0 Å². The maximum absolute atomic E-state index is 11.3. The monoisotopic (exact) mass is 212 g/mol. The molecule has 0 aliphatic rings. The van der Waals surface area contributed by atoms with Crippen molar-refractivity contribution in [3.05, 3.63) is 0 Å². The molecule has 1 N–H and O–H groups in total. The predicted octanol–water partition coefficient (Wildman–Crippen LogP) is 3.25. The summed E-state index contributed by atoms with van der Waals surface area (Å²) in [7, 11) is 0. The molecule has 3 heteroatoms. The summed E-state index contributed by atoms with van der Waals surface area (Å²) in [6.45, 7) is 6.21. The summed E-state index contributed by atoms with van der Waals surface area (Å²) in [5.74, 6) is 0.0431. The maximum Gasteiger partial charge on any atom is 0.240 e. The molecule has 3 nitrogen and oxygen atoms in total. The van der Waals surface area contributed by atoms with Gasteiger partial charge in [-0.3, -0.25) is 4.79 Å². The van der Waals surface area contributed by atoms with Gasteiger partial charge in [0.1, 0.15) is 0 Å². The van der Waals surface area contributed by atoms with Crippen molar-refractivity contribution in [3.8, 4) is 0 Å². The van der Waals surface area contributed by atoms with Crippen LogP contribution >= 0.6 is 0 Å². The van der Waals surface area contributed by atoms with Gasteiger partial charge in [0.25, 0.3) is 0 Å². The van der Waals surface area contributed by atoms with E-state index in [1.807, 2.05) is 6.92 Å². The first-order valence-corrected chi connectivity index (χ1v) is 6.02. The van der Waals surface area contributed by atoms with E-state index in [0.717, 1.165) is 31.4 Å². The average Bonchev–Trinajstić information content (AvgIpc) is 2.22. The van der Waals surface area contributed by atoms with Gasteiger partial charge >= 0.3 is 0 Å². The maximum atomic E-state index is 11.3. The highest BCUT2D eigenvalue weighted by Crippen LogP contribution is 2.01. The number of nitrogens with zero attached hydrogens (tertiary/aromatic N) is 1. The number of hydrogen-bond donors (Lipinski definition) is 1. The molecule has 0 saturated heterocycles. The van der Waals surface area contributed by atoms with Gasteiger partial charge in [-0.15, -0.1) is 0 Å². The van der Waals surface area contributed by atoms with Gasteiger partial charge in [-0.25, -0.2) is 5.43 Å². The fraction of sp³-hybridized carbons (Fsp3) is 0.833. The first-order chi connectivity index (χ1) is 7.20. The minimum absolute atomic E-state index is 0.0431. The van der Waals surface area contributed by atoms with Crippen molar-refractivity contribution < 1.29 is 4.79 Å². The fourth-order valence-electron chi connectivity index (χ4n) is 1.34. The van der Waals surface area contributed by atoms with E-state index in [0.29, 0.717) is 6.42 Å². The molecule has 0 aromatic heterocycles. The molecule has 88 valence electrons. The number of nitrogens with one attached hydrogen (secondary N) is 1. The number of rotatable bonds is 8. The van der Waals surface area contributed by atoms with Gasteiger partial charge < -0.3 is 0 Å². The van der Waals surface area contributed by atoms with E-state index in [-0.39, 0.29) is 5.91 Å². The minimum atomic E-state index is 0.0431. The third-order valence-corrected chi connectivity index (χ3v) is 2.24. The van der Waals surface area contributed by atoms with Crippen LogP contribution in [0.25, 0.3) is 0 Å². The average molecular weight is 212 g/mol. The molecule has 0 heterocycles. The van der Waals surface area contributed by atoms with Crippen LogP contribution in [0.2, 0.25) is 0 Å². The molecule has 0 atom stereocenters. The summed E-state index contributed by atoms with van der Waals surface area (Å²) in [5.41, 5.74) is 3.59. The third kappa shape index (κ3) is 9.44. The molecule has 0 fully saturated rings. The SMILES string of the molecule is CCCCCCC(=O)N/N=C(\C)CCC. The van der Waals surface area contributed by atoms with Crippen molar-refractivity contribution in [2.75, 3.05) is 0 Å². The fourth-order valence-corrected chi connectivity index (χ4v) is 1.34. The van der Waals surface area contributed by atoms with Crippen LogP contribution in [0.4, 0.5) is 0 Å². The molecule has 0 aliphatic heterocycles. The Balaban J connectivity index is 3.52. The lowest BCUT2D eigenvalue weighted by atomic mass is 10.1. The zero-order valence-electron chi connectivity index (χ0n) is 10.3. The van der Waals surface area contributed by atoms with E-state index in [1.54, 1.807) is 0 Å². The molecule has 0 unspecified atom stereocenters. The molecule has 0 aromatic rings. The zero-order chi connectivity index (χ0) is 11.5. The summed E-state index contributed by atoms with van der Waals surface area (Å²) >= 11 is 0. The number of amides is 1. The van der Waals surface area contributed by atoms with Gasteiger partial charge in [0, 0.05) is 12.1 Å². The lowest BCUT2D eigenvalue weighted by Gasteiger charge is -2.01. The molecule has 0 saturated carbocycles. The molecule has 15 heavy (non-hydrogen) atoms. The second kappa shape index (κ2) is 9.69. The van der Waals surface area contributed by atoms with E-state index < -0.39 is 0 Å².